The number of aryl methyl sites for hydroxylation is 1. The zero-order valence-corrected chi connectivity index (χ0v) is 11.6. The smallest absolute Gasteiger partial charge is 0.411 e. The van der Waals surface area contributed by atoms with Crippen LogP contribution in [0.5, 0.6) is 0 Å². The Labute approximate surface area is 120 Å². The maximum atomic E-state index is 12.0. The van der Waals surface area contributed by atoms with Gasteiger partial charge in [0.2, 0.25) is 0 Å². The summed E-state index contributed by atoms with van der Waals surface area (Å²) in [7, 11) is 0. The lowest BCUT2D eigenvalue weighted by molar-refractivity contribution is -0.175. The summed E-state index contributed by atoms with van der Waals surface area (Å²) in [6, 6.07) is 6.77. The first kappa shape index (κ1) is 17.5. The van der Waals surface area contributed by atoms with Crippen LogP contribution >= 0.6 is 0 Å². The molecule has 1 aromatic rings. The summed E-state index contributed by atoms with van der Waals surface area (Å²) in [5.74, 6) is -1.17. The predicted octanol–water partition coefficient (Wildman–Crippen LogP) is 2.25. The number of alkyl halides is 3. The summed E-state index contributed by atoms with van der Waals surface area (Å²) in [6.07, 6.45) is -4.56. The molecule has 0 saturated carbocycles. The summed E-state index contributed by atoms with van der Waals surface area (Å²) >= 11 is 0. The number of hydrogen-bond acceptors (Lipinski definition) is 3. The van der Waals surface area contributed by atoms with Crippen LogP contribution in [-0.2, 0) is 14.9 Å². The minimum absolute atomic E-state index is 0.127. The molecule has 0 saturated heterocycles. The molecule has 0 aromatic heterocycles. The average Bonchev–Trinajstić information content (AvgIpc) is 2.37. The van der Waals surface area contributed by atoms with E-state index in [1.807, 2.05) is 0 Å². The Hall–Kier alpha value is -1.60. The van der Waals surface area contributed by atoms with Crippen LogP contribution in [0.3, 0.4) is 0 Å². The van der Waals surface area contributed by atoms with Gasteiger partial charge in [0, 0.05) is 13.2 Å². The Morgan fingerprint density at radius 2 is 2.05 bits per heavy atom. The van der Waals surface area contributed by atoms with Crippen LogP contribution in [0.2, 0.25) is 0 Å². The van der Waals surface area contributed by atoms with Crippen LogP contribution < -0.4 is 5.73 Å². The van der Waals surface area contributed by atoms with Crippen molar-refractivity contribution >= 4 is 5.97 Å². The van der Waals surface area contributed by atoms with Crippen molar-refractivity contribution in [1.29, 1.82) is 0 Å². The minimum Gasteiger partial charge on any atom is -0.481 e. The molecule has 0 spiro atoms. The molecule has 0 bridgehead atoms. The summed E-state index contributed by atoms with van der Waals surface area (Å²) in [5, 5.41) is 9.47. The largest absolute Gasteiger partial charge is 0.481 e. The number of nitrogens with two attached hydrogens (primary N) is 1. The predicted molar refractivity (Wildman–Crippen MR) is 71.0 cm³/mol. The third kappa shape index (κ3) is 4.71. The molecule has 0 aliphatic carbocycles. The molecular formula is C14H18F3NO3. The molecule has 0 aliphatic heterocycles. The summed E-state index contributed by atoms with van der Waals surface area (Å²) in [4.78, 5) is 11.6. The number of rotatable bonds is 7. The van der Waals surface area contributed by atoms with E-state index in [9.17, 15) is 23.1 Å². The van der Waals surface area contributed by atoms with E-state index in [1.54, 1.807) is 31.2 Å². The fraction of sp³-hybridized carbons (Fsp3) is 0.500. The second-order valence-corrected chi connectivity index (χ2v) is 4.88. The summed E-state index contributed by atoms with van der Waals surface area (Å²) < 4.78 is 40.6. The van der Waals surface area contributed by atoms with Crippen LogP contribution in [0.25, 0.3) is 0 Å². The van der Waals surface area contributed by atoms with E-state index in [4.69, 9.17) is 5.73 Å². The Morgan fingerprint density at radius 1 is 1.38 bits per heavy atom. The second kappa shape index (κ2) is 6.91. The highest BCUT2D eigenvalue weighted by Crippen LogP contribution is 2.29. The van der Waals surface area contributed by atoms with E-state index in [0.717, 1.165) is 5.56 Å². The van der Waals surface area contributed by atoms with Crippen LogP contribution in [-0.4, -0.2) is 37.0 Å². The first-order valence-corrected chi connectivity index (χ1v) is 6.36. The maximum absolute atomic E-state index is 12.0. The Morgan fingerprint density at radius 3 is 2.52 bits per heavy atom. The van der Waals surface area contributed by atoms with E-state index < -0.39 is 24.2 Å². The van der Waals surface area contributed by atoms with E-state index in [0.29, 0.717) is 5.56 Å². The number of halogens is 3. The molecule has 0 amide bonds. The highest BCUT2D eigenvalue weighted by molar-refractivity contribution is 5.81. The van der Waals surface area contributed by atoms with Crippen molar-refractivity contribution in [2.75, 3.05) is 19.8 Å². The molecule has 4 nitrogen and oxygen atoms in total. The Kier molecular flexibility index (Phi) is 5.74. The van der Waals surface area contributed by atoms with E-state index >= 15 is 0 Å². The van der Waals surface area contributed by atoms with Gasteiger partial charge in [-0.3, -0.25) is 4.79 Å². The Bertz CT molecular complexity index is 491. The highest BCUT2D eigenvalue weighted by atomic mass is 19.4. The van der Waals surface area contributed by atoms with Crippen molar-refractivity contribution < 1.29 is 27.8 Å². The first-order valence-electron chi connectivity index (χ1n) is 6.36. The number of carboxylic acids is 1. The van der Waals surface area contributed by atoms with Gasteiger partial charge in [-0.15, -0.1) is 0 Å². The molecular weight excluding hydrogens is 287 g/mol. The van der Waals surface area contributed by atoms with Gasteiger partial charge in [-0.05, 0) is 18.9 Å². The van der Waals surface area contributed by atoms with Gasteiger partial charge in [-0.25, -0.2) is 0 Å². The number of ether oxygens (including phenoxy) is 1. The van der Waals surface area contributed by atoms with Crippen LogP contribution in [0, 0.1) is 6.92 Å². The third-order valence-electron chi connectivity index (χ3n) is 3.27. The standard InChI is InChI=1S/C14H18F3NO3/c1-10-3-2-4-11(7-10)13(8-18,12(19)20)5-6-21-9-14(15,16)17/h2-4,7H,5-6,8-9,18H2,1H3,(H,19,20). The molecule has 118 valence electrons. The van der Waals surface area contributed by atoms with E-state index in [2.05, 4.69) is 4.74 Å². The monoisotopic (exact) mass is 305 g/mol. The number of hydrogen-bond donors (Lipinski definition) is 2. The third-order valence-corrected chi connectivity index (χ3v) is 3.27. The lowest BCUT2D eigenvalue weighted by Gasteiger charge is -2.28. The lowest BCUT2D eigenvalue weighted by Crippen LogP contribution is -2.44. The normalized spacial score (nSPS) is 14.7. The van der Waals surface area contributed by atoms with Crippen molar-refractivity contribution in [3.63, 3.8) is 0 Å². The van der Waals surface area contributed by atoms with Gasteiger partial charge in [-0.1, -0.05) is 29.8 Å². The molecule has 3 N–H and O–H groups in total. The van der Waals surface area contributed by atoms with Gasteiger partial charge in [0.25, 0.3) is 0 Å². The lowest BCUT2D eigenvalue weighted by atomic mass is 9.77. The summed E-state index contributed by atoms with van der Waals surface area (Å²) in [6.45, 7) is -0.161. The number of carboxylic acid groups (broad SMARTS) is 1. The highest BCUT2D eigenvalue weighted by Gasteiger charge is 2.39. The van der Waals surface area contributed by atoms with Crippen LogP contribution in [0.1, 0.15) is 17.5 Å². The van der Waals surface area contributed by atoms with Crippen LogP contribution in [0.15, 0.2) is 24.3 Å². The Balaban J connectivity index is 2.87. The van der Waals surface area contributed by atoms with Gasteiger partial charge < -0.3 is 15.6 Å². The number of aliphatic carboxylic acids is 1. The molecule has 1 rings (SSSR count). The minimum atomic E-state index is -4.43. The quantitative estimate of drug-likeness (QED) is 0.758. The van der Waals surface area contributed by atoms with Gasteiger partial charge in [0.05, 0.1) is 0 Å². The molecule has 0 aliphatic rings. The SMILES string of the molecule is Cc1cccc(C(CN)(CCOCC(F)(F)F)C(=O)O)c1. The van der Waals surface area contributed by atoms with Gasteiger partial charge in [0.15, 0.2) is 0 Å². The van der Waals surface area contributed by atoms with E-state index in [-0.39, 0.29) is 19.6 Å². The van der Waals surface area contributed by atoms with Gasteiger partial charge >= 0.3 is 12.1 Å². The molecule has 1 atom stereocenters. The van der Waals surface area contributed by atoms with Gasteiger partial charge in [-0.2, -0.15) is 13.2 Å². The van der Waals surface area contributed by atoms with Crippen molar-refractivity contribution in [2.45, 2.75) is 24.9 Å². The molecule has 7 heteroatoms. The van der Waals surface area contributed by atoms with Crippen molar-refractivity contribution in [3.8, 4) is 0 Å². The fourth-order valence-corrected chi connectivity index (χ4v) is 2.06. The van der Waals surface area contributed by atoms with Crippen LogP contribution in [0.4, 0.5) is 13.2 Å². The van der Waals surface area contributed by atoms with Gasteiger partial charge in [0.1, 0.15) is 12.0 Å². The fourth-order valence-electron chi connectivity index (χ4n) is 2.06. The first-order chi connectivity index (χ1) is 9.71. The molecule has 1 unspecified atom stereocenters. The van der Waals surface area contributed by atoms with Crippen molar-refractivity contribution in [1.82, 2.24) is 0 Å². The zero-order chi connectivity index (χ0) is 16.1. The summed E-state index contributed by atoms with van der Waals surface area (Å²) in [5.41, 5.74) is 5.47. The number of carbonyl (C=O) groups is 1. The molecule has 0 radical (unpaired) electrons. The zero-order valence-electron chi connectivity index (χ0n) is 11.6. The molecule has 0 heterocycles. The topological polar surface area (TPSA) is 72.5 Å². The van der Waals surface area contributed by atoms with Crippen molar-refractivity contribution in [3.05, 3.63) is 35.4 Å². The second-order valence-electron chi connectivity index (χ2n) is 4.88. The number of benzene rings is 1. The van der Waals surface area contributed by atoms with Crippen molar-refractivity contribution in [2.24, 2.45) is 5.73 Å². The molecule has 1 aromatic carbocycles. The van der Waals surface area contributed by atoms with E-state index in [1.165, 1.54) is 0 Å². The molecule has 21 heavy (non-hydrogen) atoms. The average molecular weight is 305 g/mol. The molecule has 0 fully saturated rings. The maximum Gasteiger partial charge on any atom is 0.411 e.